The molecule has 2 N–H and O–H groups in total. The van der Waals surface area contributed by atoms with E-state index < -0.39 is 18.0 Å². The van der Waals surface area contributed by atoms with Crippen molar-refractivity contribution in [1.82, 2.24) is 4.90 Å². The van der Waals surface area contributed by atoms with E-state index in [-0.39, 0.29) is 0 Å². The zero-order valence-corrected chi connectivity index (χ0v) is 10.6. The number of hydrogen-bond acceptors (Lipinski definition) is 3. The van der Waals surface area contributed by atoms with E-state index in [1.54, 1.807) is 24.3 Å². The van der Waals surface area contributed by atoms with Crippen LogP contribution in [-0.2, 0) is 4.79 Å². The van der Waals surface area contributed by atoms with Crippen molar-refractivity contribution in [2.75, 3.05) is 19.0 Å². The third-order valence-electron chi connectivity index (χ3n) is 3.15. The van der Waals surface area contributed by atoms with Gasteiger partial charge in [0, 0.05) is 6.54 Å². The van der Waals surface area contributed by atoms with Gasteiger partial charge in [-0.25, -0.2) is 9.59 Å². The van der Waals surface area contributed by atoms with Gasteiger partial charge in [0.1, 0.15) is 11.8 Å². The second kappa shape index (κ2) is 5.60. The number of amides is 2. The second-order valence-electron chi connectivity index (χ2n) is 4.32. The summed E-state index contributed by atoms with van der Waals surface area (Å²) in [5.41, 5.74) is 0.533. The number of carbonyl (C=O) groups is 2. The Morgan fingerprint density at radius 3 is 2.84 bits per heavy atom. The Kier molecular flexibility index (Phi) is 3.89. The number of carbonyl (C=O) groups excluding carboxylic acids is 1. The summed E-state index contributed by atoms with van der Waals surface area (Å²) >= 11 is 0. The summed E-state index contributed by atoms with van der Waals surface area (Å²) in [6.07, 6.45) is 1.20. The number of carboxylic acids is 1. The van der Waals surface area contributed by atoms with Crippen LogP contribution in [0.2, 0.25) is 0 Å². The first-order valence-electron chi connectivity index (χ1n) is 6.07. The maximum Gasteiger partial charge on any atom is 0.326 e. The van der Waals surface area contributed by atoms with E-state index in [2.05, 4.69) is 5.32 Å². The van der Waals surface area contributed by atoms with Crippen molar-refractivity contribution >= 4 is 17.7 Å². The lowest BCUT2D eigenvalue weighted by Gasteiger charge is -2.22. The molecule has 1 saturated heterocycles. The van der Waals surface area contributed by atoms with Gasteiger partial charge in [-0.15, -0.1) is 0 Å². The van der Waals surface area contributed by atoms with Crippen LogP contribution >= 0.6 is 0 Å². The lowest BCUT2D eigenvalue weighted by Crippen LogP contribution is -2.42. The molecule has 0 saturated carbocycles. The molecule has 1 aliphatic heterocycles. The number of anilines is 1. The van der Waals surface area contributed by atoms with Crippen LogP contribution in [-0.4, -0.2) is 41.7 Å². The zero-order chi connectivity index (χ0) is 13.8. The number of hydrogen-bond donors (Lipinski definition) is 2. The fourth-order valence-electron chi connectivity index (χ4n) is 2.20. The molecule has 1 fully saturated rings. The molecule has 6 heteroatoms. The van der Waals surface area contributed by atoms with E-state index in [0.29, 0.717) is 30.8 Å². The maximum atomic E-state index is 12.1. The topological polar surface area (TPSA) is 78.9 Å². The summed E-state index contributed by atoms with van der Waals surface area (Å²) in [7, 11) is 1.51. The van der Waals surface area contributed by atoms with Crippen LogP contribution in [0.1, 0.15) is 12.8 Å². The second-order valence-corrected chi connectivity index (χ2v) is 4.32. The standard InChI is InChI=1S/C13H16N2O4/c1-19-11-7-3-2-5-9(11)14-13(18)15-8-4-6-10(15)12(16)17/h2-3,5,7,10H,4,6,8H2,1H3,(H,14,18)(H,16,17). The van der Waals surface area contributed by atoms with Gasteiger partial charge in [0.25, 0.3) is 0 Å². The van der Waals surface area contributed by atoms with Crippen LogP contribution in [0.4, 0.5) is 10.5 Å². The van der Waals surface area contributed by atoms with E-state index in [1.807, 2.05) is 0 Å². The van der Waals surface area contributed by atoms with Crippen LogP contribution in [0.25, 0.3) is 0 Å². The van der Waals surface area contributed by atoms with Gasteiger partial charge in [-0.3, -0.25) is 0 Å². The summed E-state index contributed by atoms with van der Waals surface area (Å²) in [5, 5.41) is 11.7. The lowest BCUT2D eigenvalue weighted by atomic mass is 10.2. The highest BCUT2D eigenvalue weighted by Crippen LogP contribution is 2.25. The molecule has 1 unspecified atom stereocenters. The molecule has 1 aromatic rings. The molecule has 19 heavy (non-hydrogen) atoms. The number of para-hydroxylation sites is 2. The van der Waals surface area contributed by atoms with E-state index in [1.165, 1.54) is 12.0 Å². The predicted octanol–water partition coefficient (Wildman–Crippen LogP) is 1.78. The Hall–Kier alpha value is -2.24. The number of likely N-dealkylation sites (tertiary alicyclic amines) is 1. The number of methoxy groups -OCH3 is 1. The number of benzene rings is 1. The molecule has 1 heterocycles. The Morgan fingerprint density at radius 2 is 2.16 bits per heavy atom. The Morgan fingerprint density at radius 1 is 1.42 bits per heavy atom. The summed E-state index contributed by atoms with van der Waals surface area (Å²) < 4.78 is 5.13. The number of aliphatic carboxylic acids is 1. The first-order valence-corrected chi connectivity index (χ1v) is 6.07. The number of nitrogens with zero attached hydrogens (tertiary/aromatic N) is 1. The molecule has 0 radical (unpaired) electrons. The Balaban J connectivity index is 2.10. The molecular formula is C13H16N2O4. The van der Waals surface area contributed by atoms with Crippen LogP contribution in [0.3, 0.4) is 0 Å². The first-order chi connectivity index (χ1) is 9.13. The molecule has 2 amide bonds. The Labute approximate surface area is 111 Å². The molecule has 1 atom stereocenters. The van der Waals surface area contributed by atoms with Crippen molar-refractivity contribution in [3.63, 3.8) is 0 Å². The van der Waals surface area contributed by atoms with Gasteiger partial charge in [-0.2, -0.15) is 0 Å². The highest BCUT2D eigenvalue weighted by atomic mass is 16.5. The molecule has 1 aliphatic rings. The average molecular weight is 264 g/mol. The first kappa shape index (κ1) is 13.2. The van der Waals surface area contributed by atoms with Gasteiger partial charge in [0.15, 0.2) is 0 Å². The minimum absolute atomic E-state index is 0.408. The third kappa shape index (κ3) is 2.78. The summed E-state index contributed by atoms with van der Waals surface area (Å²) in [6, 6.07) is 5.86. The van der Waals surface area contributed by atoms with Crippen LogP contribution < -0.4 is 10.1 Å². The van der Waals surface area contributed by atoms with E-state index in [4.69, 9.17) is 9.84 Å². The maximum absolute atomic E-state index is 12.1. The van der Waals surface area contributed by atoms with Crippen molar-refractivity contribution in [3.8, 4) is 5.75 Å². The largest absolute Gasteiger partial charge is 0.495 e. The molecule has 2 rings (SSSR count). The fourth-order valence-corrected chi connectivity index (χ4v) is 2.20. The number of nitrogens with one attached hydrogen (secondary N) is 1. The van der Waals surface area contributed by atoms with Gasteiger partial charge < -0.3 is 20.1 Å². The van der Waals surface area contributed by atoms with Crippen molar-refractivity contribution in [2.45, 2.75) is 18.9 Å². The minimum atomic E-state index is -0.965. The van der Waals surface area contributed by atoms with Crippen LogP contribution in [0.15, 0.2) is 24.3 Å². The monoisotopic (exact) mass is 264 g/mol. The molecule has 102 valence electrons. The summed E-state index contributed by atoms with van der Waals surface area (Å²) in [4.78, 5) is 24.5. The smallest absolute Gasteiger partial charge is 0.326 e. The minimum Gasteiger partial charge on any atom is -0.495 e. The van der Waals surface area contributed by atoms with Gasteiger partial charge in [-0.05, 0) is 25.0 Å². The molecule has 1 aromatic carbocycles. The van der Waals surface area contributed by atoms with Gasteiger partial charge >= 0.3 is 12.0 Å². The van der Waals surface area contributed by atoms with Crippen LogP contribution in [0.5, 0.6) is 5.75 Å². The SMILES string of the molecule is COc1ccccc1NC(=O)N1CCCC1C(=O)O. The van der Waals surface area contributed by atoms with Crippen molar-refractivity contribution in [3.05, 3.63) is 24.3 Å². The zero-order valence-electron chi connectivity index (χ0n) is 10.6. The highest BCUT2D eigenvalue weighted by Gasteiger charge is 2.34. The van der Waals surface area contributed by atoms with E-state index >= 15 is 0 Å². The molecular weight excluding hydrogens is 248 g/mol. The van der Waals surface area contributed by atoms with Crippen LogP contribution in [0, 0.1) is 0 Å². The van der Waals surface area contributed by atoms with Crippen molar-refractivity contribution < 1.29 is 19.4 Å². The normalized spacial score (nSPS) is 18.2. The summed E-state index contributed by atoms with van der Waals surface area (Å²) in [5.74, 6) is -0.422. The van der Waals surface area contributed by atoms with Gasteiger partial charge in [0.05, 0.1) is 12.8 Å². The highest BCUT2D eigenvalue weighted by molar-refractivity contribution is 5.93. The number of rotatable bonds is 3. The Bertz CT molecular complexity index is 489. The molecule has 0 aromatic heterocycles. The quantitative estimate of drug-likeness (QED) is 0.872. The lowest BCUT2D eigenvalue weighted by molar-refractivity contribution is -0.141. The fraction of sp³-hybridized carbons (Fsp3) is 0.385. The average Bonchev–Trinajstić information content (AvgIpc) is 2.88. The van der Waals surface area contributed by atoms with Gasteiger partial charge in [-0.1, -0.05) is 12.1 Å². The molecule has 6 nitrogen and oxygen atoms in total. The van der Waals surface area contributed by atoms with Crippen molar-refractivity contribution in [1.29, 1.82) is 0 Å². The predicted molar refractivity (Wildman–Crippen MR) is 69.4 cm³/mol. The molecule has 0 aliphatic carbocycles. The van der Waals surface area contributed by atoms with E-state index in [0.717, 1.165) is 0 Å². The molecule has 0 spiro atoms. The summed E-state index contributed by atoms with van der Waals surface area (Å²) in [6.45, 7) is 0.456. The molecule has 0 bridgehead atoms. The third-order valence-corrected chi connectivity index (χ3v) is 3.15. The van der Waals surface area contributed by atoms with Gasteiger partial charge in [0.2, 0.25) is 0 Å². The number of ether oxygens (including phenoxy) is 1. The number of carboxylic acid groups (broad SMARTS) is 1. The van der Waals surface area contributed by atoms with Crippen molar-refractivity contribution in [2.24, 2.45) is 0 Å². The van der Waals surface area contributed by atoms with E-state index in [9.17, 15) is 9.59 Å². The number of urea groups is 1.